The number of methoxy groups -OCH3 is 3. The summed E-state index contributed by atoms with van der Waals surface area (Å²) in [4.78, 5) is 2.19. The van der Waals surface area contributed by atoms with Gasteiger partial charge in [-0.05, 0) is 42.3 Å². The minimum atomic E-state index is -4.40. The summed E-state index contributed by atoms with van der Waals surface area (Å²) >= 11 is 0. The van der Waals surface area contributed by atoms with Crippen molar-refractivity contribution in [1.29, 1.82) is 0 Å². The first kappa shape index (κ1) is 23.0. The van der Waals surface area contributed by atoms with Crippen LogP contribution in [0.2, 0.25) is 0 Å². The van der Waals surface area contributed by atoms with E-state index in [1.54, 1.807) is 33.5 Å². The van der Waals surface area contributed by atoms with E-state index in [1.165, 1.54) is 12.1 Å². The molecule has 0 saturated heterocycles. The molecule has 2 aromatic carbocycles. The van der Waals surface area contributed by atoms with E-state index in [0.29, 0.717) is 35.9 Å². The Bertz CT molecular complexity index is 1110. The number of aryl methyl sites for hydroxylation is 1. The Kier molecular flexibility index (Phi) is 6.56. The Labute approximate surface area is 191 Å². The summed E-state index contributed by atoms with van der Waals surface area (Å²) in [5, 5.41) is 0. The molecule has 3 aromatic rings. The molecule has 5 nitrogen and oxygen atoms in total. The smallest absolute Gasteiger partial charge is 0.416 e. The van der Waals surface area contributed by atoms with E-state index >= 15 is 0 Å². The predicted molar refractivity (Wildman–Crippen MR) is 119 cm³/mol. The van der Waals surface area contributed by atoms with Gasteiger partial charge in [0.2, 0.25) is 0 Å². The normalized spacial score (nSPS) is 16.7. The summed E-state index contributed by atoms with van der Waals surface area (Å²) in [6.45, 7) is 1.98. The van der Waals surface area contributed by atoms with Crippen molar-refractivity contribution in [3.05, 3.63) is 77.1 Å². The molecule has 176 valence electrons. The van der Waals surface area contributed by atoms with E-state index in [0.717, 1.165) is 30.3 Å². The molecule has 1 aliphatic heterocycles. The molecule has 0 spiro atoms. The Morgan fingerprint density at radius 1 is 0.879 bits per heavy atom. The zero-order valence-electron chi connectivity index (χ0n) is 18.9. The number of fused-ring (bicyclic) bond motifs is 1. The SMILES string of the molecule is COc1cc(OC)c(OC)cc1CN1CCCn2cccc2[C@@H]1c1cccc(C(F)(F)F)c1. The molecule has 8 heteroatoms. The van der Waals surface area contributed by atoms with Gasteiger partial charge in [0, 0.05) is 43.2 Å². The quantitative estimate of drug-likeness (QED) is 0.485. The summed E-state index contributed by atoms with van der Waals surface area (Å²) in [6, 6.07) is 12.8. The molecule has 0 unspecified atom stereocenters. The Morgan fingerprint density at radius 3 is 2.30 bits per heavy atom. The van der Waals surface area contributed by atoms with Crippen molar-refractivity contribution >= 4 is 0 Å². The van der Waals surface area contributed by atoms with Gasteiger partial charge in [-0.15, -0.1) is 0 Å². The van der Waals surface area contributed by atoms with Crippen LogP contribution in [0.15, 0.2) is 54.7 Å². The van der Waals surface area contributed by atoms with Crippen LogP contribution < -0.4 is 14.2 Å². The van der Waals surface area contributed by atoms with Crippen molar-refractivity contribution in [2.24, 2.45) is 0 Å². The highest BCUT2D eigenvalue weighted by Gasteiger charge is 2.33. The second-order valence-electron chi connectivity index (χ2n) is 8.00. The number of hydrogen-bond donors (Lipinski definition) is 0. The Balaban J connectivity index is 1.79. The lowest BCUT2D eigenvalue weighted by molar-refractivity contribution is -0.137. The topological polar surface area (TPSA) is 35.9 Å². The third-order valence-corrected chi connectivity index (χ3v) is 6.04. The van der Waals surface area contributed by atoms with Crippen LogP contribution >= 0.6 is 0 Å². The van der Waals surface area contributed by atoms with Crippen LogP contribution in [0, 0.1) is 0 Å². The molecule has 0 saturated carbocycles. The Hall–Kier alpha value is -3.13. The van der Waals surface area contributed by atoms with Crippen LogP contribution in [0.3, 0.4) is 0 Å². The number of rotatable bonds is 6. The lowest BCUT2D eigenvalue weighted by Gasteiger charge is -2.31. The number of aromatic nitrogens is 1. The monoisotopic (exact) mass is 460 g/mol. The average molecular weight is 460 g/mol. The summed E-state index contributed by atoms with van der Waals surface area (Å²) < 4.78 is 59.0. The zero-order chi connectivity index (χ0) is 23.6. The molecule has 2 heterocycles. The minimum absolute atomic E-state index is 0.345. The zero-order valence-corrected chi connectivity index (χ0v) is 18.9. The maximum absolute atomic E-state index is 13.5. The summed E-state index contributed by atoms with van der Waals surface area (Å²) in [7, 11) is 4.71. The Morgan fingerprint density at radius 2 is 1.61 bits per heavy atom. The largest absolute Gasteiger partial charge is 0.496 e. The molecule has 1 aromatic heterocycles. The number of halogens is 3. The van der Waals surface area contributed by atoms with Gasteiger partial charge in [0.15, 0.2) is 11.5 Å². The lowest BCUT2D eigenvalue weighted by atomic mass is 9.98. The maximum atomic E-state index is 13.5. The second-order valence-corrected chi connectivity index (χ2v) is 8.00. The first-order chi connectivity index (χ1) is 15.9. The molecular weight excluding hydrogens is 433 g/mol. The summed E-state index contributed by atoms with van der Waals surface area (Å²) in [6.07, 6.45) is -1.55. The molecule has 0 N–H and O–H groups in total. The fraction of sp³-hybridized carbons (Fsp3) is 0.360. The average Bonchev–Trinajstić information content (AvgIpc) is 3.19. The molecule has 1 atom stereocenters. The second kappa shape index (κ2) is 9.39. The van der Waals surface area contributed by atoms with Gasteiger partial charge in [0.1, 0.15) is 5.75 Å². The van der Waals surface area contributed by atoms with Crippen LogP contribution in [0.5, 0.6) is 17.2 Å². The molecule has 0 fully saturated rings. The number of hydrogen-bond acceptors (Lipinski definition) is 4. The van der Waals surface area contributed by atoms with Gasteiger partial charge >= 0.3 is 6.18 Å². The highest BCUT2D eigenvalue weighted by atomic mass is 19.4. The molecule has 1 aliphatic rings. The molecule has 0 radical (unpaired) electrons. The van der Waals surface area contributed by atoms with E-state index in [1.807, 2.05) is 24.4 Å². The molecule has 0 aliphatic carbocycles. The fourth-order valence-corrected chi connectivity index (χ4v) is 4.51. The highest BCUT2D eigenvalue weighted by Crippen LogP contribution is 2.39. The molecule has 4 rings (SSSR count). The summed E-state index contributed by atoms with van der Waals surface area (Å²) in [5.74, 6) is 1.76. The summed E-state index contributed by atoms with van der Waals surface area (Å²) in [5.41, 5.74) is 1.79. The van der Waals surface area contributed by atoms with Crippen LogP contribution in [0.1, 0.15) is 34.8 Å². The number of nitrogens with zero attached hydrogens (tertiary/aromatic N) is 2. The van der Waals surface area contributed by atoms with Crippen LogP contribution in [-0.4, -0.2) is 37.3 Å². The number of benzene rings is 2. The van der Waals surface area contributed by atoms with Gasteiger partial charge in [0.25, 0.3) is 0 Å². The molecule has 0 amide bonds. The van der Waals surface area contributed by atoms with Crippen LogP contribution in [0.4, 0.5) is 13.2 Å². The van der Waals surface area contributed by atoms with Crippen molar-refractivity contribution in [3.63, 3.8) is 0 Å². The van der Waals surface area contributed by atoms with Gasteiger partial charge < -0.3 is 18.8 Å². The van der Waals surface area contributed by atoms with Crippen molar-refractivity contribution in [1.82, 2.24) is 9.47 Å². The molecular formula is C25H27F3N2O3. The van der Waals surface area contributed by atoms with Gasteiger partial charge in [-0.3, -0.25) is 4.90 Å². The van der Waals surface area contributed by atoms with Gasteiger partial charge in [0.05, 0.1) is 32.9 Å². The minimum Gasteiger partial charge on any atom is -0.496 e. The molecule has 0 bridgehead atoms. The van der Waals surface area contributed by atoms with E-state index in [-0.39, 0.29) is 6.04 Å². The first-order valence-electron chi connectivity index (χ1n) is 10.7. The van der Waals surface area contributed by atoms with Crippen LogP contribution in [-0.2, 0) is 19.3 Å². The van der Waals surface area contributed by atoms with Gasteiger partial charge in [-0.1, -0.05) is 12.1 Å². The first-order valence-corrected chi connectivity index (χ1v) is 10.7. The number of alkyl halides is 3. The van der Waals surface area contributed by atoms with Gasteiger partial charge in [-0.2, -0.15) is 13.2 Å². The third kappa shape index (κ3) is 4.66. The van der Waals surface area contributed by atoms with Crippen LogP contribution in [0.25, 0.3) is 0 Å². The van der Waals surface area contributed by atoms with E-state index in [2.05, 4.69) is 9.47 Å². The third-order valence-electron chi connectivity index (χ3n) is 6.04. The van der Waals surface area contributed by atoms with Crippen molar-refractivity contribution < 1.29 is 27.4 Å². The fourth-order valence-electron chi connectivity index (χ4n) is 4.51. The van der Waals surface area contributed by atoms with Crippen molar-refractivity contribution in [3.8, 4) is 17.2 Å². The van der Waals surface area contributed by atoms with Crippen molar-refractivity contribution in [2.45, 2.75) is 31.7 Å². The van der Waals surface area contributed by atoms with E-state index in [9.17, 15) is 13.2 Å². The highest BCUT2D eigenvalue weighted by molar-refractivity contribution is 5.51. The maximum Gasteiger partial charge on any atom is 0.416 e. The molecule has 33 heavy (non-hydrogen) atoms. The predicted octanol–water partition coefficient (Wildman–Crippen LogP) is 5.53. The van der Waals surface area contributed by atoms with E-state index in [4.69, 9.17) is 14.2 Å². The van der Waals surface area contributed by atoms with Gasteiger partial charge in [-0.25, -0.2) is 0 Å². The number of ether oxygens (including phenoxy) is 3. The van der Waals surface area contributed by atoms with Crippen molar-refractivity contribution in [2.75, 3.05) is 27.9 Å². The standard InChI is InChI=1S/C25H27F3N2O3/c1-31-21-15-23(33-3)22(32-2)14-18(21)16-30-12-6-11-29-10-5-9-20(29)24(30)17-7-4-8-19(13-17)25(26,27)28/h4-5,7-10,13-15,24H,6,11-12,16H2,1-3H3/t24-/m0/s1. The van der Waals surface area contributed by atoms with E-state index < -0.39 is 11.7 Å². The lowest BCUT2D eigenvalue weighted by Crippen LogP contribution is -2.30.